The predicted octanol–water partition coefficient (Wildman–Crippen LogP) is 3.31. The van der Waals surface area contributed by atoms with Gasteiger partial charge < -0.3 is 15.0 Å². The zero-order chi connectivity index (χ0) is 20.5. The lowest BCUT2D eigenvalue weighted by atomic mass is 10.00. The van der Waals surface area contributed by atoms with Crippen LogP contribution in [0.4, 0.5) is 0 Å². The fraction of sp³-hybridized carbons (Fsp3) is 0.435. The fourth-order valence-electron chi connectivity index (χ4n) is 3.03. The summed E-state index contributed by atoms with van der Waals surface area (Å²) >= 11 is 5.86. The highest BCUT2D eigenvalue weighted by Gasteiger charge is 2.14. The quantitative estimate of drug-likeness (QED) is 0.639. The zero-order valence-electron chi connectivity index (χ0n) is 17.3. The maximum Gasteiger partial charge on any atom is 0.275 e. The van der Waals surface area contributed by atoms with E-state index in [1.807, 2.05) is 26.1 Å². The highest BCUT2D eigenvalue weighted by atomic mass is 35.5. The second kappa shape index (κ2) is 11.1. The van der Waals surface area contributed by atoms with Gasteiger partial charge in [-0.1, -0.05) is 49.7 Å². The van der Waals surface area contributed by atoms with Gasteiger partial charge in [0.1, 0.15) is 18.9 Å². The first-order chi connectivity index (χ1) is 13.3. The van der Waals surface area contributed by atoms with E-state index >= 15 is 0 Å². The summed E-state index contributed by atoms with van der Waals surface area (Å²) in [5, 5.41) is 3.78. The van der Waals surface area contributed by atoms with Crippen molar-refractivity contribution in [3.05, 3.63) is 64.7 Å². The number of carbonyl (C=O) groups excluding carboxylic acids is 1. The molecule has 0 spiro atoms. The van der Waals surface area contributed by atoms with Crippen LogP contribution in [-0.2, 0) is 11.2 Å². The van der Waals surface area contributed by atoms with Crippen LogP contribution in [-0.4, -0.2) is 32.7 Å². The van der Waals surface area contributed by atoms with Crippen molar-refractivity contribution in [3.8, 4) is 5.75 Å². The molecule has 152 valence electrons. The first kappa shape index (κ1) is 22.3. The van der Waals surface area contributed by atoms with E-state index in [-0.39, 0.29) is 11.9 Å². The summed E-state index contributed by atoms with van der Waals surface area (Å²) in [6.07, 6.45) is 1.08. The summed E-state index contributed by atoms with van der Waals surface area (Å²) in [5.41, 5.74) is 2.46. The molecule has 0 radical (unpaired) electrons. The van der Waals surface area contributed by atoms with Gasteiger partial charge >= 0.3 is 0 Å². The van der Waals surface area contributed by atoms with E-state index in [1.165, 1.54) is 5.56 Å². The van der Waals surface area contributed by atoms with Crippen LogP contribution in [0.5, 0.6) is 5.75 Å². The third kappa shape index (κ3) is 7.91. The number of nitrogens with one attached hydrogen (secondary N) is 2. The number of ether oxygens (including phenoxy) is 1. The summed E-state index contributed by atoms with van der Waals surface area (Å²) in [4.78, 5) is 13.4. The van der Waals surface area contributed by atoms with Crippen molar-refractivity contribution in [1.82, 2.24) is 5.32 Å². The molecule has 1 unspecified atom stereocenters. The van der Waals surface area contributed by atoms with Crippen molar-refractivity contribution < 1.29 is 14.4 Å². The van der Waals surface area contributed by atoms with Crippen LogP contribution in [0.2, 0.25) is 5.02 Å². The highest BCUT2D eigenvalue weighted by molar-refractivity contribution is 6.30. The molecule has 0 aromatic heterocycles. The average molecular weight is 404 g/mol. The lowest BCUT2D eigenvalue weighted by Crippen LogP contribution is -3.10. The van der Waals surface area contributed by atoms with Gasteiger partial charge in [-0.15, -0.1) is 0 Å². The Hall–Kier alpha value is -2.04. The summed E-state index contributed by atoms with van der Waals surface area (Å²) < 4.78 is 5.69. The van der Waals surface area contributed by atoms with Gasteiger partial charge in [-0.3, -0.25) is 4.79 Å². The smallest absolute Gasteiger partial charge is 0.275 e. The monoisotopic (exact) mass is 403 g/mol. The predicted molar refractivity (Wildman–Crippen MR) is 115 cm³/mol. The standard InChI is InChI=1S/C23H31ClN2O2/c1-17(2)15-19-5-7-20(8-6-19)18(3)25-23(27)16-26(4)13-14-28-22-11-9-21(24)10-12-22/h5-12,17-18H,13-16H2,1-4H3,(H,25,27)/p+1/t18-/m0/s1. The Morgan fingerprint density at radius 1 is 1.07 bits per heavy atom. The molecule has 0 aliphatic heterocycles. The number of carbonyl (C=O) groups is 1. The van der Waals surface area contributed by atoms with Crippen LogP contribution in [0.15, 0.2) is 48.5 Å². The Bertz CT molecular complexity index is 729. The molecule has 2 aromatic rings. The first-order valence-electron chi connectivity index (χ1n) is 9.91. The molecule has 2 atom stereocenters. The number of rotatable bonds is 10. The molecule has 4 nitrogen and oxygen atoms in total. The minimum Gasteiger partial charge on any atom is -0.488 e. The SMILES string of the molecule is CC(C)Cc1ccc([C@H](C)NC(=O)C[NH+](C)CCOc2ccc(Cl)cc2)cc1. The first-order valence-corrected chi connectivity index (χ1v) is 10.3. The van der Waals surface area contributed by atoms with Crippen molar-refractivity contribution >= 4 is 17.5 Å². The van der Waals surface area contributed by atoms with Gasteiger partial charge in [0.05, 0.1) is 13.1 Å². The minimum absolute atomic E-state index is 0.00119. The van der Waals surface area contributed by atoms with Gasteiger partial charge in [0.15, 0.2) is 6.54 Å². The van der Waals surface area contributed by atoms with Gasteiger partial charge in [0.25, 0.3) is 5.91 Å². The molecule has 0 fully saturated rings. The Morgan fingerprint density at radius 2 is 1.71 bits per heavy atom. The van der Waals surface area contributed by atoms with Crippen molar-refractivity contribution in [2.75, 3.05) is 26.7 Å². The maximum absolute atomic E-state index is 12.3. The third-order valence-corrected chi connectivity index (χ3v) is 4.83. The average Bonchev–Trinajstić information content (AvgIpc) is 2.63. The number of benzene rings is 2. The van der Waals surface area contributed by atoms with Crippen LogP contribution in [0.3, 0.4) is 0 Å². The largest absolute Gasteiger partial charge is 0.488 e. The number of hydrogen-bond donors (Lipinski definition) is 2. The molecule has 1 amide bonds. The summed E-state index contributed by atoms with van der Waals surface area (Å²) in [5.74, 6) is 1.48. The maximum atomic E-state index is 12.3. The molecule has 0 aliphatic rings. The molecule has 2 aromatic carbocycles. The summed E-state index contributed by atoms with van der Waals surface area (Å²) in [7, 11) is 2.00. The van der Waals surface area contributed by atoms with E-state index in [0.717, 1.165) is 29.2 Å². The molecule has 2 rings (SSSR count). The normalized spacial score (nSPS) is 13.2. The number of halogens is 1. The fourth-order valence-corrected chi connectivity index (χ4v) is 3.15. The Kier molecular flexibility index (Phi) is 8.81. The molecule has 2 N–H and O–H groups in total. The van der Waals surface area contributed by atoms with E-state index in [1.54, 1.807) is 12.1 Å². The molecule has 0 aliphatic carbocycles. The van der Waals surface area contributed by atoms with E-state index in [2.05, 4.69) is 43.4 Å². The zero-order valence-corrected chi connectivity index (χ0v) is 18.1. The molecule has 28 heavy (non-hydrogen) atoms. The van der Waals surface area contributed by atoms with Crippen molar-refractivity contribution in [2.45, 2.75) is 33.2 Å². The van der Waals surface area contributed by atoms with Gasteiger partial charge in [0, 0.05) is 5.02 Å². The van der Waals surface area contributed by atoms with E-state index < -0.39 is 0 Å². The molecule has 5 heteroatoms. The Morgan fingerprint density at radius 3 is 2.32 bits per heavy atom. The van der Waals surface area contributed by atoms with Crippen LogP contribution >= 0.6 is 11.6 Å². The van der Waals surface area contributed by atoms with Gasteiger partial charge in [-0.2, -0.15) is 0 Å². The molecule has 0 saturated carbocycles. The van der Waals surface area contributed by atoms with Crippen LogP contribution in [0.25, 0.3) is 0 Å². The lowest BCUT2D eigenvalue weighted by Gasteiger charge is -2.18. The van der Waals surface area contributed by atoms with Gasteiger partial charge in [0.2, 0.25) is 0 Å². The van der Waals surface area contributed by atoms with Crippen molar-refractivity contribution in [2.24, 2.45) is 5.92 Å². The van der Waals surface area contributed by atoms with Crippen LogP contribution in [0, 0.1) is 5.92 Å². The molecular weight excluding hydrogens is 372 g/mol. The molecule has 0 heterocycles. The van der Waals surface area contributed by atoms with E-state index in [4.69, 9.17) is 16.3 Å². The number of likely N-dealkylation sites (N-methyl/N-ethyl adjacent to an activating group) is 1. The number of hydrogen-bond acceptors (Lipinski definition) is 2. The van der Waals surface area contributed by atoms with E-state index in [0.29, 0.717) is 24.1 Å². The second-order valence-corrected chi connectivity index (χ2v) is 8.25. The molecular formula is C23H32ClN2O2+. The lowest BCUT2D eigenvalue weighted by molar-refractivity contribution is -0.871. The van der Waals surface area contributed by atoms with Crippen LogP contribution in [0.1, 0.15) is 37.9 Å². The summed E-state index contributed by atoms with van der Waals surface area (Å²) in [6, 6.07) is 15.8. The van der Waals surface area contributed by atoms with E-state index in [9.17, 15) is 4.79 Å². The minimum atomic E-state index is -0.00119. The van der Waals surface area contributed by atoms with Crippen molar-refractivity contribution in [3.63, 3.8) is 0 Å². The van der Waals surface area contributed by atoms with Crippen molar-refractivity contribution in [1.29, 1.82) is 0 Å². The molecule has 0 bridgehead atoms. The number of amides is 1. The second-order valence-electron chi connectivity index (χ2n) is 7.82. The Balaban J connectivity index is 1.72. The summed E-state index contributed by atoms with van der Waals surface area (Å²) in [6.45, 7) is 8.17. The molecule has 0 saturated heterocycles. The number of quaternary nitrogens is 1. The topological polar surface area (TPSA) is 42.8 Å². The highest BCUT2D eigenvalue weighted by Crippen LogP contribution is 2.16. The van der Waals surface area contributed by atoms with Gasteiger partial charge in [-0.05, 0) is 54.7 Å². The Labute approximate surface area is 173 Å². The van der Waals surface area contributed by atoms with Crippen LogP contribution < -0.4 is 15.0 Å². The third-order valence-electron chi connectivity index (χ3n) is 4.57. The van der Waals surface area contributed by atoms with Gasteiger partial charge in [-0.25, -0.2) is 0 Å².